The highest BCUT2D eigenvalue weighted by molar-refractivity contribution is 5.83. The van der Waals surface area contributed by atoms with Gasteiger partial charge in [-0.2, -0.15) is 0 Å². The molecule has 0 bridgehead atoms. The number of esters is 4. The molecule has 21 nitrogen and oxygen atoms in total. The number of fused-ring (bicyclic) bond motifs is 1. The van der Waals surface area contributed by atoms with Gasteiger partial charge in [0.25, 0.3) is 11.5 Å². The number of aromatic nitrogens is 2. The van der Waals surface area contributed by atoms with Crippen molar-refractivity contribution in [2.45, 2.75) is 128 Å². The van der Waals surface area contributed by atoms with Crippen LogP contribution in [-0.2, 0) is 76.1 Å². The maximum atomic E-state index is 14.2. The molecule has 0 aromatic carbocycles. The number of rotatable bonds is 11. The summed E-state index contributed by atoms with van der Waals surface area (Å²) in [6.45, 7) is 9.60. The summed E-state index contributed by atoms with van der Waals surface area (Å²) < 4.78 is 64.8. The maximum Gasteiger partial charge on any atom is 0.330 e. The van der Waals surface area contributed by atoms with Crippen molar-refractivity contribution in [2.24, 2.45) is 0 Å². The van der Waals surface area contributed by atoms with Gasteiger partial charge in [-0.3, -0.25) is 38.3 Å². The quantitative estimate of drug-likeness (QED) is 0.196. The van der Waals surface area contributed by atoms with Crippen molar-refractivity contribution >= 4 is 29.8 Å². The van der Waals surface area contributed by atoms with Crippen LogP contribution in [0.3, 0.4) is 0 Å². The van der Waals surface area contributed by atoms with Gasteiger partial charge < -0.3 is 57.4 Å². The van der Waals surface area contributed by atoms with Gasteiger partial charge in [0, 0.05) is 40.0 Å². The molecule has 1 aromatic rings. The molecule has 54 heavy (non-hydrogen) atoms. The summed E-state index contributed by atoms with van der Waals surface area (Å²) in [5.74, 6) is -6.19. The third-order valence-corrected chi connectivity index (χ3v) is 8.67. The average molecular weight is 772 g/mol. The molecule has 4 aliphatic rings. The molecule has 5 heterocycles. The molecule has 4 saturated heterocycles. The van der Waals surface area contributed by atoms with E-state index < -0.39 is 127 Å². The maximum absolute atomic E-state index is 14.2. The number of nitrogens with zero attached hydrogens (tertiary/aromatic N) is 1. The van der Waals surface area contributed by atoms with Gasteiger partial charge in [0.2, 0.25) is 0 Å². The molecular formula is C33H45N3O18. The fourth-order valence-electron chi connectivity index (χ4n) is 6.44. The van der Waals surface area contributed by atoms with Crippen LogP contribution in [0.4, 0.5) is 0 Å². The van der Waals surface area contributed by atoms with E-state index in [0.29, 0.717) is 0 Å². The Kier molecular flexibility index (Phi) is 12.0. The zero-order valence-electron chi connectivity index (χ0n) is 31.0. The third kappa shape index (κ3) is 9.51. The summed E-state index contributed by atoms with van der Waals surface area (Å²) in [6, 6.07) is 1.12. The van der Waals surface area contributed by atoms with Gasteiger partial charge >= 0.3 is 29.6 Å². The summed E-state index contributed by atoms with van der Waals surface area (Å²) in [5, 5.41) is 2.87. The van der Waals surface area contributed by atoms with Crippen molar-refractivity contribution in [2.75, 3.05) is 26.4 Å². The van der Waals surface area contributed by atoms with Crippen molar-refractivity contribution in [1.29, 1.82) is 0 Å². The highest BCUT2D eigenvalue weighted by Gasteiger charge is 2.60. The van der Waals surface area contributed by atoms with E-state index in [1.807, 2.05) is 0 Å². The van der Waals surface area contributed by atoms with Crippen LogP contribution in [0, 0.1) is 0 Å². The molecule has 4 aliphatic heterocycles. The van der Waals surface area contributed by atoms with Crippen LogP contribution in [0.2, 0.25) is 0 Å². The lowest BCUT2D eigenvalue weighted by atomic mass is 9.97. The second kappa shape index (κ2) is 15.8. The van der Waals surface area contributed by atoms with Crippen LogP contribution in [0.25, 0.3) is 0 Å². The largest absolute Gasteiger partial charge is 0.463 e. The molecule has 2 N–H and O–H groups in total. The van der Waals surface area contributed by atoms with E-state index in [9.17, 15) is 33.6 Å². The second-order valence-electron chi connectivity index (χ2n) is 14.2. The summed E-state index contributed by atoms with van der Waals surface area (Å²) >= 11 is 0. The average Bonchev–Trinajstić information content (AvgIpc) is 3.55. The van der Waals surface area contributed by atoms with Gasteiger partial charge in [-0.15, -0.1) is 0 Å². The lowest BCUT2D eigenvalue weighted by molar-refractivity contribution is -0.321. The van der Waals surface area contributed by atoms with Gasteiger partial charge in [0.05, 0.1) is 19.8 Å². The molecule has 5 rings (SSSR count). The number of nitrogens with one attached hydrogen (secondary N) is 2. The second-order valence-corrected chi connectivity index (χ2v) is 14.2. The molecule has 1 amide bonds. The normalized spacial score (nSPS) is 32.1. The van der Waals surface area contributed by atoms with Crippen LogP contribution < -0.4 is 16.6 Å². The van der Waals surface area contributed by atoms with Crippen molar-refractivity contribution < 1.29 is 76.1 Å². The predicted molar refractivity (Wildman–Crippen MR) is 174 cm³/mol. The fourth-order valence-corrected chi connectivity index (χ4v) is 6.44. The minimum absolute atomic E-state index is 0.205. The van der Waals surface area contributed by atoms with Crippen LogP contribution in [0.1, 0.15) is 61.6 Å². The van der Waals surface area contributed by atoms with Crippen LogP contribution in [0.5, 0.6) is 0 Å². The molecular weight excluding hydrogens is 726 g/mol. The Morgan fingerprint density at radius 2 is 1.41 bits per heavy atom. The number of H-pyrrole nitrogens is 1. The number of hydrogen-bond acceptors (Lipinski definition) is 18. The van der Waals surface area contributed by atoms with Crippen molar-refractivity contribution in [3.05, 3.63) is 33.1 Å². The number of ether oxygens (including phenoxy) is 11. The highest BCUT2D eigenvalue weighted by Crippen LogP contribution is 2.43. The standard InChI is InChI=1S/C33H45N3O18/c1-15(37)44-11-19-21(48-16(2)38)22(49-17(3)39)26(50-18(4)40)29(51-19)45-12-33(13-46-31(5,6)47-14-33)35-27(42)24-23-25(54-32(7,8)53-23)28(52-24)36-10-9-20(41)34-30(36)43/h9-10,19,21-26,28-29H,11-14H2,1-8H3,(H,35,42)(H,34,41,43)/t19-,21+,22+,23-,24+,25-,26-,28-,29-/m1/s1. The summed E-state index contributed by atoms with van der Waals surface area (Å²) in [7, 11) is 0. The Balaban J connectivity index is 1.44. The minimum Gasteiger partial charge on any atom is -0.463 e. The topological polar surface area (TPSA) is 254 Å². The molecule has 4 fully saturated rings. The first-order valence-corrected chi connectivity index (χ1v) is 17.0. The predicted octanol–water partition coefficient (Wildman–Crippen LogP) is -1.31. The van der Waals surface area contributed by atoms with Gasteiger partial charge in [-0.1, -0.05) is 0 Å². The lowest BCUT2D eigenvalue weighted by Crippen LogP contribution is -2.67. The highest BCUT2D eigenvalue weighted by atomic mass is 16.8. The number of hydrogen-bond donors (Lipinski definition) is 2. The lowest BCUT2D eigenvalue weighted by Gasteiger charge is -2.47. The van der Waals surface area contributed by atoms with E-state index in [-0.39, 0.29) is 13.2 Å². The minimum atomic E-state index is -1.58. The Hall–Kier alpha value is -4.25. The SMILES string of the molecule is CC(=O)OC[C@H]1O[C@@H](OCC2(NC(=O)[C@H]3O[C@@H](n4ccc(=O)[nH]c4=O)[C@@H]4OC(C)(C)O[C@@H]43)COC(C)(C)OC2)[C@H](OC(C)=O)[C@@H](OC(C)=O)[C@H]1OC(C)=O. The molecule has 0 saturated carbocycles. The van der Waals surface area contributed by atoms with Gasteiger partial charge in [-0.25, -0.2) is 4.79 Å². The molecule has 1 aromatic heterocycles. The van der Waals surface area contributed by atoms with Crippen LogP contribution in [0.15, 0.2) is 21.9 Å². The molecule has 0 radical (unpaired) electrons. The first-order valence-electron chi connectivity index (χ1n) is 17.0. The Labute approximate surface area is 308 Å². The zero-order valence-corrected chi connectivity index (χ0v) is 31.0. The number of aromatic amines is 1. The molecule has 21 heteroatoms. The van der Waals surface area contributed by atoms with E-state index in [1.165, 1.54) is 6.20 Å². The number of carbonyl (C=O) groups is 5. The van der Waals surface area contributed by atoms with Crippen LogP contribution in [-0.4, -0.2) is 132 Å². The molecule has 9 atom stereocenters. The number of amides is 1. The van der Waals surface area contributed by atoms with E-state index >= 15 is 0 Å². The molecule has 0 spiro atoms. The summed E-state index contributed by atoms with van der Waals surface area (Å²) in [5.41, 5.74) is -2.94. The van der Waals surface area contributed by atoms with Crippen molar-refractivity contribution in [3.63, 3.8) is 0 Å². The number of carbonyl (C=O) groups excluding carboxylic acids is 5. The summed E-state index contributed by atoms with van der Waals surface area (Å²) in [6.07, 6.45) is -10.7. The van der Waals surface area contributed by atoms with E-state index in [1.54, 1.807) is 27.7 Å². The third-order valence-electron chi connectivity index (χ3n) is 8.67. The van der Waals surface area contributed by atoms with E-state index in [0.717, 1.165) is 38.3 Å². The monoisotopic (exact) mass is 771 g/mol. The van der Waals surface area contributed by atoms with Crippen LogP contribution >= 0.6 is 0 Å². The van der Waals surface area contributed by atoms with Gasteiger partial charge in [0.15, 0.2) is 48.5 Å². The first-order chi connectivity index (χ1) is 25.2. The van der Waals surface area contributed by atoms with E-state index in [4.69, 9.17) is 52.1 Å². The smallest absolute Gasteiger partial charge is 0.330 e. The van der Waals surface area contributed by atoms with Gasteiger partial charge in [0.1, 0.15) is 30.5 Å². The first kappa shape index (κ1) is 40.9. The summed E-state index contributed by atoms with van der Waals surface area (Å²) in [4.78, 5) is 89.3. The molecule has 0 unspecified atom stereocenters. The van der Waals surface area contributed by atoms with Crippen molar-refractivity contribution in [3.8, 4) is 0 Å². The molecule has 0 aliphatic carbocycles. The zero-order chi connectivity index (χ0) is 39.7. The fraction of sp³-hybridized carbons (Fsp3) is 0.727. The van der Waals surface area contributed by atoms with Gasteiger partial charge in [-0.05, 0) is 27.7 Å². The Morgan fingerprint density at radius 1 is 0.815 bits per heavy atom. The Morgan fingerprint density at radius 3 is 2.00 bits per heavy atom. The van der Waals surface area contributed by atoms with E-state index in [2.05, 4.69) is 10.3 Å². The molecule has 300 valence electrons. The Bertz CT molecular complexity index is 1710. The van der Waals surface area contributed by atoms with Crippen molar-refractivity contribution in [1.82, 2.24) is 14.9 Å².